The van der Waals surface area contributed by atoms with Crippen molar-refractivity contribution in [1.29, 1.82) is 0 Å². The first-order valence-corrected chi connectivity index (χ1v) is 9.60. The highest BCUT2D eigenvalue weighted by molar-refractivity contribution is 5.93. The Hall–Kier alpha value is -3.68. The minimum absolute atomic E-state index is 0.121. The Morgan fingerprint density at radius 3 is 2.72 bits per heavy atom. The summed E-state index contributed by atoms with van der Waals surface area (Å²) in [6, 6.07) is 7.60. The van der Waals surface area contributed by atoms with Crippen molar-refractivity contribution in [3.63, 3.8) is 0 Å². The zero-order chi connectivity index (χ0) is 19.8. The molecule has 0 saturated carbocycles. The topological polar surface area (TPSA) is 89.7 Å². The molecule has 4 aromatic heterocycles. The van der Waals surface area contributed by atoms with Crippen molar-refractivity contribution in [3.8, 4) is 17.2 Å². The van der Waals surface area contributed by atoms with Crippen molar-refractivity contribution in [1.82, 2.24) is 29.7 Å². The standard InChI is InChI=1S/C21H19N7O/c1-14-10-22-13-17(25-14)16-9-18-15(11-23-16)12-24-28(18)20-6-4-5-19(26-20)27-8-3-2-7-21(27)29/h4-6,9-13H,2-3,7-8H2,1H3. The normalized spacial score (nSPS) is 14.5. The number of rotatable bonds is 3. The van der Waals surface area contributed by atoms with Crippen molar-refractivity contribution in [2.24, 2.45) is 0 Å². The van der Waals surface area contributed by atoms with Gasteiger partial charge in [0, 0.05) is 30.7 Å². The van der Waals surface area contributed by atoms with E-state index in [-0.39, 0.29) is 5.91 Å². The Kier molecular flexibility index (Phi) is 4.23. The Balaban J connectivity index is 1.58. The van der Waals surface area contributed by atoms with Crippen LogP contribution in [0.1, 0.15) is 25.0 Å². The lowest BCUT2D eigenvalue weighted by Crippen LogP contribution is -2.35. The third kappa shape index (κ3) is 3.22. The van der Waals surface area contributed by atoms with E-state index >= 15 is 0 Å². The molecule has 0 spiro atoms. The SMILES string of the molecule is Cc1cncc(-c2cc3c(cn2)cnn3-c2cccc(N3CCCCC3=O)n2)n1. The van der Waals surface area contributed by atoms with E-state index in [0.717, 1.165) is 35.1 Å². The van der Waals surface area contributed by atoms with Gasteiger partial charge in [-0.05, 0) is 38.0 Å². The number of hydrogen-bond donors (Lipinski definition) is 0. The number of amides is 1. The fourth-order valence-electron chi connectivity index (χ4n) is 3.56. The molecule has 0 atom stereocenters. The lowest BCUT2D eigenvalue weighted by atomic mass is 10.1. The van der Waals surface area contributed by atoms with Gasteiger partial charge < -0.3 is 0 Å². The number of hydrogen-bond acceptors (Lipinski definition) is 6. The summed E-state index contributed by atoms with van der Waals surface area (Å²) in [4.78, 5) is 32.0. The highest BCUT2D eigenvalue weighted by Crippen LogP contribution is 2.24. The van der Waals surface area contributed by atoms with Crippen molar-refractivity contribution in [2.75, 3.05) is 11.4 Å². The average Bonchev–Trinajstić information content (AvgIpc) is 3.17. The molecule has 1 fully saturated rings. The van der Waals surface area contributed by atoms with Gasteiger partial charge in [-0.25, -0.2) is 14.6 Å². The molecule has 0 aliphatic carbocycles. The monoisotopic (exact) mass is 385 g/mol. The van der Waals surface area contributed by atoms with Gasteiger partial charge in [0.2, 0.25) is 5.91 Å². The number of nitrogens with zero attached hydrogens (tertiary/aromatic N) is 7. The van der Waals surface area contributed by atoms with Crippen LogP contribution in [0.25, 0.3) is 28.1 Å². The maximum Gasteiger partial charge on any atom is 0.228 e. The summed E-state index contributed by atoms with van der Waals surface area (Å²) in [5.41, 5.74) is 3.13. The number of fused-ring (bicyclic) bond motifs is 1. The van der Waals surface area contributed by atoms with Crippen LogP contribution in [0.4, 0.5) is 5.82 Å². The summed E-state index contributed by atoms with van der Waals surface area (Å²) in [6.07, 6.45) is 9.45. The fraction of sp³-hybridized carbons (Fsp3) is 0.238. The van der Waals surface area contributed by atoms with Gasteiger partial charge in [-0.1, -0.05) is 6.07 Å². The molecule has 0 unspecified atom stereocenters. The maximum absolute atomic E-state index is 12.3. The van der Waals surface area contributed by atoms with Gasteiger partial charge in [0.05, 0.1) is 29.3 Å². The molecule has 8 nitrogen and oxygen atoms in total. The number of aryl methyl sites for hydroxylation is 1. The minimum Gasteiger partial charge on any atom is -0.297 e. The Morgan fingerprint density at radius 2 is 1.86 bits per heavy atom. The predicted molar refractivity (Wildman–Crippen MR) is 109 cm³/mol. The largest absolute Gasteiger partial charge is 0.297 e. The molecular weight excluding hydrogens is 366 g/mol. The molecule has 1 aliphatic rings. The van der Waals surface area contributed by atoms with E-state index in [1.807, 2.05) is 31.2 Å². The Labute approximate surface area is 167 Å². The summed E-state index contributed by atoms with van der Waals surface area (Å²) >= 11 is 0. The van der Waals surface area contributed by atoms with Crippen molar-refractivity contribution in [2.45, 2.75) is 26.2 Å². The zero-order valence-corrected chi connectivity index (χ0v) is 16.0. The van der Waals surface area contributed by atoms with Crippen LogP contribution in [0.5, 0.6) is 0 Å². The minimum atomic E-state index is 0.121. The van der Waals surface area contributed by atoms with E-state index < -0.39 is 0 Å². The van der Waals surface area contributed by atoms with E-state index in [0.29, 0.717) is 30.3 Å². The van der Waals surface area contributed by atoms with Gasteiger partial charge in [-0.15, -0.1) is 0 Å². The molecule has 0 bridgehead atoms. The lowest BCUT2D eigenvalue weighted by molar-refractivity contribution is -0.119. The van der Waals surface area contributed by atoms with E-state index in [1.165, 1.54) is 0 Å². The Bertz CT molecular complexity index is 1220. The molecular formula is C21H19N7O. The summed E-state index contributed by atoms with van der Waals surface area (Å²) in [7, 11) is 0. The highest BCUT2D eigenvalue weighted by atomic mass is 16.2. The first-order chi connectivity index (χ1) is 14.2. The first-order valence-electron chi connectivity index (χ1n) is 9.60. The molecule has 1 amide bonds. The molecule has 1 saturated heterocycles. The van der Waals surface area contributed by atoms with Crippen LogP contribution in [0.3, 0.4) is 0 Å². The van der Waals surface area contributed by atoms with Crippen LogP contribution in [-0.4, -0.2) is 42.2 Å². The molecule has 0 radical (unpaired) electrons. The van der Waals surface area contributed by atoms with E-state index in [1.54, 1.807) is 34.4 Å². The number of aromatic nitrogens is 6. The van der Waals surface area contributed by atoms with E-state index in [4.69, 9.17) is 4.98 Å². The van der Waals surface area contributed by atoms with Crippen LogP contribution in [0.15, 0.2) is 49.1 Å². The molecule has 0 N–H and O–H groups in total. The van der Waals surface area contributed by atoms with Gasteiger partial charge in [-0.2, -0.15) is 5.10 Å². The third-order valence-electron chi connectivity index (χ3n) is 5.01. The second-order valence-corrected chi connectivity index (χ2v) is 7.09. The average molecular weight is 385 g/mol. The van der Waals surface area contributed by atoms with Crippen LogP contribution < -0.4 is 4.90 Å². The zero-order valence-electron chi connectivity index (χ0n) is 16.0. The molecule has 0 aromatic carbocycles. The number of carbonyl (C=O) groups is 1. The van der Waals surface area contributed by atoms with Crippen LogP contribution in [0, 0.1) is 6.92 Å². The number of piperidine rings is 1. The maximum atomic E-state index is 12.3. The molecule has 5 heterocycles. The molecule has 1 aliphatic heterocycles. The molecule has 5 rings (SSSR count). The van der Waals surface area contributed by atoms with Crippen LogP contribution in [0.2, 0.25) is 0 Å². The van der Waals surface area contributed by atoms with Gasteiger partial charge >= 0.3 is 0 Å². The van der Waals surface area contributed by atoms with Gasteiger partial charge in [-0.3, -0.25) is 19.7 Å². The molecule has 8 heteroatoms. The van der Waals surface area contributed by atoms with Crippen molar-refractivity contribution in [3.05, 3.63) is 54.7 Å². The second-order valence-electron chi connectivity index (χ2n) is 7.09. The van der Waals surface area contributed by atoms with Crippen LogP contribution >= 0.6 is 0 Å². The second kappa shape index (κ2) is 7.05. The van der Waals surface area contributed by atoms with Crippen molar-refractivity contribution >= 4 is 22.6 Å². The number of pyridine rings is 2. The summed E-state index contributed by atoms with van der Waals surface area (Å²) in [5, 5.41) is 5.40. The fourth-order valence-corrected chi connectivity index (χ4v) is 3.56. The number of anilines is 1. The highest BCUT2D eigenvalue weighted by Gasteiger charge is 2.21. The third-order valence-corrected chi connectivity index (χ3v) is 5.01. The number of carbonyl (C=O) groups excluding carboxylic acids is 1. The quantitative estimate of drug-likeness (QED) is 0.538. The molecule has 144 valence electrons. The summed E-state index contributed by atoms with van der Waals surface area (Å²) in [6.45, 7) is 2.60. The summed E-state index contributed by atoms with van der Waals surface area (Å²) in [5.74, 6) is 1.44. The van der Waals surface area contributed by atoms with E-state index in [9.17, 15) is 4.79 Å². The Morgan fingerprint density at radius 1 is 0.966 bits per heavy atom. The van der Waals surface area contributed by atoms with Crippen LogP contribution in [-0.2, 0) is 4.79 Å². The predicted octanol–water partition coefficient (Wildman–Crippen LogP) is 3.10. The smallest absolute Gasteiger partial charge is 0.228 e. The van der Waals surface area contributed by atoms with Gasteiger partial charge in [0.15, 0.2) is 5.82 Å². The van der Waals surface area contributed by atoms with Gasteiger partial charge in [0.25, 0.3) is 0 Å². The van der Waals surface area contributed by atoms with Gasteiger partial charge in [0.1, 0.15) is 11.5 Å². The van der Waals surface area contributed by atoms with Crippen molar-refractivity contribution < 1.29 is 4.79 Å². The molecule has 4 aromatic rings. The van der Waals surface area contributed by atoms with E-state index in [2.05, 4.69) is 20.1 Å². The lowest BCUT2D eigenvalue weighted by Gasteiger charge is -2.25. The molecule has 29 heavy (non-hydrogen) atoms. The summed E-state index contributed by atoms with van der Waals surface area (Å²) < 4.78 is 1.77. The first kappa shape index (κ1) is 17.4.